The van der Waals surface area contributed by atoms with E-state index in [1.807, 2.05) is 6.20 Å². The minimum Gasteiger partial charge on any atom is -0.393 e. The van der Waals surface area contributed by atoms with Crippen molar-refractivity contribution in [2.24, 2.45) is 0 Å². The van der Waals surface area contributed by atoms with E-state index in [1.54, 1.807) is 0 Å². The summed E-state index contributed by atoms with van der Waals surface area (Å²) in [6.07, 6.45) is 3.67. The highest BCUT2D eigenvalue weighted by Gasteiger charge is 2.26. The smallest absolute Gasteiger partial charge is 0.0570 e. The quantitative estimate of drug-likeness (QED) is 0.732. The molecule has 0 spiro atoms. The summed E-state index contributed by atoms with van der Waals surface area (Å²) in [4.78, 5) is 3.27. The molecule has 3 rings (SSSR count). The number of benzene rings is 1. The van der Waals surface area contributed by atoms with Crippen molar-refractivity contribution in [3.05, 3.63) is 36.0 Å². The summed E-state index contributed by atoms with van der Waals surface area (Å²) in [7, 11) is 0. The fraction of sp³-hybridized carbons (Fsp3) is 0.385. The fourth-order valence-corrected chi connectivity index (χ4v) is 2.31. The number of rotatable bonds is 3. The zero-order chi connectivity index (χ0) is 11.0. The minimum atomic E-state index is -0.0845. The van der Waals surface area contributed by atoms with Gasteiger partial charge in [0.1, 0.15) is 0 Å². The second-order valence-electron chi connectivity index (χ2n) is 4.56. The Kier molecular flexibility index (Phi) is 2.42. The summed E-state index contributed by atoms with van der Waals surface area (Å²) in [6.45, 7) is 0.870. The molecule has 1 heterocycles. The predicted molar refractivity (Wildman–Crippen MR) is 64.2 cm³/mol. The number of nitrogens with one attached hydrogen (secondary N) is 2. The van der Waals surface area contributed by atoms with Crippen molar-refractivity contribution >= 4 is 10.9 Å². The van der Waals surface area contributed by atoms with Crippen LogP contribution < -0.4 is 5.32 Å². The van der Waals surface area contributed by atoms with Crippen molar-refractivity contribution in [2.75, 3.05) is 0 Å². The van der Waals surface area contributed by atoms with Crippen molar-refractivity contribution in [1.82, 2.24) is 10.3 Å². The zero-order valence-electron chi connectivity index (χ0n) is 9.11. The first kappa shape index (κ1) is 9.87. The third-order valence-corrected chi connectivity index (χ3v) is 3.37. The Morgan fingerprint density at radius 2 is 2.19 bits per heavy atom. The Labute approximate surface area is 94.5 Å². The van der Waals surface area contributed by atoms with Gasteiger partial charge in [0.2, 0.25) is 0 Å². The summed E-state index contributed by atoms with van der Waals surface area (Å²) in [5.74, 6) is 0. The van der Waals surface area contributed by atoms with Crippen LogP contribution in [0.2, 0.25) is 0 Å². The van der Waals surface area contributed by atoms with Crippen LogP contribution in [0.15, 0.2) is 30.5 Å². The first-order chi connectivity index (χ1) is 7.83. The van der Waals surface area contributed by atoms with Gasteiger partial charge in [0, 0.05) is 24.3 Å². The third-order valence-electron chi connectivity index (χ3n) is 3.37. The van der Waals surface area contributed by atoms with Crippen molar-refractivity contribution in [3.63, 3.8) is 0 Å². The average Bonchev–Trinajstić information content (AvgIpc) is 2.71. The summed E-state index contributed by atoms with van der Waals surface area (Å²) in [6, 6.07) is 8.91. The van der Waals surface area contributed by atoms with Crippen LogP contribution in [0.4, 0.5) is 0 Å². The number of H-pyrrole nitrogens is 1. The molecule has 0 unspecified atom stereocenters. The van der Waals surface area contributed by atoms with Crippen LogP contribution in [0.25, 0.3) is 10.9 Å². The van der Waals surface area contributed by atoms with E-state index >= 15 is 0 Å². The predicted octanol–water partition coefficient (Wildman–Crippen LogP) is 1.78. The van der Waals surface area contributed by atoms with E-state index in [0.717, 1.165) is 19.4 Å². The second kappa shape index (κ2) is 3.92. The van der Waals surface area contributed by atoms with Gasteiger partial charge < -0.3 is 15.4 Å². The van der Waals surface area contributed by atoms with Crippen LogP contribution in [0.3, 0.4) is 0 Å². The summed E-state index contributed by atoms with van der Waals surface area (Å²) < 4.78 is 0. The van der Waals surface area contributed by atoms with Gasteiger partial charge in [-0.2, -0.15) is 0 Å². The Bertz CT molecular complexity index is 485. The van der Waals surface area contributed by atoms with Gasteiger partial charge in [-0.25, -0.2) is 0 Å². The molecule has 1 fully saturated rings. The van der Waals surface area contributed by atoms with E-state index in [4.69, 9.17) is 0 Å². The number of hydrogen-bond acceptors (Lipinski definition) is 2. The number of aliphatic hydroxyl groups is 1. The molecule has 84 valence electrons. The SMILES string of the molecule is OC1CC(NCc2cccc3cc[nH]c23)C1. The molecule has 16 heavy (non-hydrogen) atoms. The standard InChI is InChI=1S/C13H16N2O/c16-12-6-11(7-12)15-8-10-3-1-2-9-4-5-14-13(9)10/h1-5,11-12,14-16H,6-8H2. The van der Waals surface area contributed by atoms with Crippen LogP contribution in [0.1, 0.15) is 18.4 Å². The molecule has 1 aromatic heterocycles. The lowest BCUT2D eigenvalue weighted by Gasteiger charge is -2.32. The van der Waals surface area contributed by atoms with Crippen LogP contribution >= 0.6 is 0 Å². The van der Waals surface area contributed by atoms with E-state index in [2.05, 4.69) is 34.6 Å². The molecule has 1 aliphatic rings. The number of aromatic amines is 1. The van der Waals surface area contributed by atoms with Crippen molar-refractivity contribution in [2.45, 2.75) is 31.5 Å². The molecular formula is C13H16N2O. The van der Waals surface area contributed by atoms with Crippen LogP contribution in [0.5, 0.6) is 0 Å². The first-order valence-corrected chi connectivity index (χ1v) is 5.79. The monoisotopic (exact) mass is 216 g/mol. The molecule has 1 aliphatic carbocycles. The summed E-state index contributed by atoms with van der Waals surface area (Å²) in [5, 5.41) is 13.9. The van der Waals surface area contributed by atoms with E-state index in [0.29, 0.717) is 6.04 Å². The minimum absolute atomic E-state index is 0.0845. The maximum Gasteiger partial charge on any atom is 0.0570 e. The molecule has 2 aromatic rings. The van der Waals surface area contributed by atoms with Gasteiger partial charge in [-0.15, -0.1) is 0 Å². The highest BCUT2D eigenvalue weighted by Crippen LogP contribution is 2.21. The van der Waals surface area contributed by atoms with Crippen molar-refractivity contribution < 1.29 is 5.11 Å². The molecule has 0 amide bonds. The molecule has 3 heteroatoms. The van der Waals surface area contributed by atoms with Crippen LogP contribution in [-0.4, -0.2) is 22.2 Å². The van der Waals surface area contributed by atoms with Crippen LogP contribution in [-0.2, 0) is 6.54 Å². The van der Waals surface area contributed by atoms with E-state index in [1.165, 1.54) is 16.5 Å². The van der Waals surface area contributed by atoms with Gasteiger partial charge in [-0.3, -0.25) is 0 Å². The molecule has 0 aliphatic heterocycles. The van der Waals surface area contributed by atoms with Gasteiger partial charge in [0.25, 0.3) is 0 Å². The lowest BCUT2D eigenvalue weighted by atomic mass is 9.89. The molecule has 0 saturated heterocycles. The summed E-state index contributed by atoms with van der Waals surface area (Å²) in [5.41, 5.74) is 2.51. The molecular weight excluding hydrogens is 200 g/mol. The van der Waals surface area contributed by atoms with E-state index in [9.17, 15) is 5.11 Å². The first-order valence-electron chi connectivity index (χ1n) is 5.79. The normalized spacial score (nSPS) is 24.6. The van der Waals surface area contributed by atoms with E-state index in [-0.39, 0.29) is 6.10 Å². The van der Waals surface area contributed by atoms with Crippen LogP contribution in [0, 0.1) is 0 Å². The Balaban J connectivity index is 1.71. The van der Waals surface area contributed by atoms with Gasteiger partial charge in [0.15, 0.2) is 0 Å². The lowest BCUT2D eigenvalue weighted by Crippen LogP contribution is -2.43. The molecule has 3 nitrogen and oxygen atoms in total. The van der Waals surface area contributed by atoms with Crippen molar-refractivity contribution in [1.29, 1.82) is 0 Å². The molecule has 3 N–H and O–H groups in total. The number of hydrogen-bond donors (Lipinski definition) is 3. The van der Waals surface area contributed by atoms with Crippen molar-refractivity contribution in [3.8, 4) is 0 Å². The van der Waals surface area contributed by atoms with Gasteiger partial charge in [0.05, 0.1) is 6.10 Å². The van der Waals surface area contributed by atoms with Gasteiger partial charge >= 0.3 is 0 Å². The highest BCUT2D eigenvalue weighted by atomic mass is 16.3. The Morgan fingerprint density at radius 3 is 3.00 bits per heavy atom. The Hall–Kier alpha value is -1.32. The molecule has 1 saturated carbocycles. The number of fused-ring (bicyclic) bond motifs is 1. The number of aliphatic hydroxyl groups excluding tert-OH is 1. The zero-order valence-corrected chi connectivity index (χ0v) is 9.11. The maximum atomic E-state index is 9.21. The topological polar surface area (TPSA) is 48.0 Å². The van der Waals surface area contributed by atoms with Gasteiger partial charge in [-0.05, 0) is 29.9 Å². The third kappa shape index (κ3) is 1.72. The largest absolute Gasteiger partial charge is 0.393 e. The molecule has 0 atom stereocenters. The number of para-hydroxylation sites is 1. The Morgan fingerprint density at radius 1 is 1.31 bits per heavy atom. The fourth-order valence-electron chi connectivity index (χ4n) is 2.31. The maximum absolute atomic E-state index is 9.21. The van der Waals surface area contributed by atoms with Gasteiger partial charge in [-0.1, -0.05) is 18.2 Å². The second-order valence-corrected chi connectivity index (χ2v) is 4.56. The average molecular weight is 216 g/mol. The highest BCUT2D eigenvalue weighted by molar-refractivity contribution is 5.82. The number of aromatic nitrogens is 1. The molecule has 0 bridgehead atoms. The van der Waals surface area contributed by atoms with E-state index < -0.39 is 0 Å². The summed E-state index contributed by atoms with van der Waals surface area (Å²) >= 11 is 0. The molecule has 0 radical (unpaired) electrons. The lowest BCUT2D eigenvalue weighted by molar-refractivity contribution is 0.0620. The molecule has 1 aromatic carbocycles.